The minimum atomic E-state index is -3.66. The molecule has 1 N–H and O–H groups in total. The number of benzene rings is 2. The van der Waals surface area contributed by atoms with Crippen LogP contribution in [0.15, 0.2) is 42.7 Å². The molecule has 4 nitrogen and oxygen atoms in total. The van der Waals surface area contributed by atoms with Crippen LogP contribution in [0.3, 0.4) is 0 Å². The molecule has 150 valence electrons. The molecule has 0 saturated carbocycles. The van der Waals surface area contributed by atoms with Crippen molar-refractivity contribution >= 4 is 15.5 Å². The zero-order valence-electron chi connectivity index (χ0n) is 16.1. The van der Waals surface area contributed by atoms with E-state index in [0.29, 0.717) is 12.1 Å². The van der Waals surface area contributed by atoms with E-state index in [-0.39, 0.29) is 16.9 Å². The van der Waals surface area contributed by atoms with Crippen molar-refractivity contribution in [2.24, 2.45) is 0 Å². The molecule has 0 bridgehead atoms. The van der Waals surface area contributed by atoms with Crippen LogP contribution in [-0.4, -0.2) is 15.0 Å². The number of sulfone groups is 1. The van der Waals surface area contributed by atoms with Gasteiger partial charge in [0.05, 0.1) is 17.3 Å². The van der Waals surface area contributed by atoms with Crippen LogP contribution >= 0.6 is 0 Å². The third-order valence-electron chi connectivity index (χ3n) is 4.81. The summed E-state index contributed by atoms with van der Waals surface area (Å²) in [5.74, 6) is -2.03. The lowest BCUT2D eigenvalue weighted by atomic mass is 10.1. The summed E-state index contributed by atoms with van der Waals surface area (Å²) in [7, 11) is -3.66. The Bertz CT molecular complexity index is 1020. The van der Waals surface area contributed by atoms with Gasteiger partial charge in [0, 0.05) is 24.3 Å². The lowest BCUT2D eigenvalue weighted by molar-refractivity contribution is 0.495. The highest BCUT2D eigenvalue weighted by atomic mass is 32.2. The van der Waals surface area contributed by atoms with Gasteiger partial charge in [-0.15, -0.1) is 0 Å². The monoisotopic (exact) mass is 406 g/mol. The number of nitrogens with zero attached hydrogens (tertiary/aromatic N) is 1. The lowest BCUT2D eigenvalue weighted by Crippen LogP contribution is -2.36. The number of hydrogen-bond donors (Lipinski definition) is 1. The minimum Gasteiger partial charge on any atom is -0.368 e. The molecule has 1 heterocycles. The summed E-state index contributed by atoms with van der Waals surface area (Å²) in [4.78, 5) is 2.07. The first-order valence-electron chi connectivity index (χ1n) is 9.18. The van der Waals surface area contributed by atoms with E-state index in [1.165, 1.54) is 19.1 Å². The number of rotatable bonds is 6. The number of hydrogen-bond acceptors (Lipinski definition) is 4. The Labute approximate surface area is 164 Å². The van der Waals surface area contributed by atoms with Crippen molar-refractivity contribution in [3.8, 4) is 0 Å². The number of halogens is 2. The molecule has 0 aromatic heterocycles. The SMILES string of the molecule is C=C1NCc2cc(CS(=O)(=O)Cc3ccc(C)c(F)c3F)ccc2N1CCC. The number of aryl methyl sites for hydroxylation is 1. The third kappa shape index (κ3) is 4.19. The zero-order chi connectivity index (χ0) is 20.5. The molecule has 28 heavy (non-hydrogen) atoms. The fourth-order valence-electron chi connectivity index (χ4n) is 3.39. The fraction of sp³-hybridized carbons (Fsp3) is 0.333. The maximum atomic E-state index is 14.0. The first-order valence-corrected chi connectivity index (χ1v) is 11.0. The van der Waals surface area contributed by atoms with Crippen LogP contribution in [0.1, 0.15) is 35.6 Å². The normalized spacial score (nSPS) is 14.0. The molecule has 2 aromatic carbocycles. The van der Waals surface area contributed by atoms with Gasteiger partial charge in [-0.2, -0.15) is 0 Å². The zero-order valence-corrected chi connectivity index (χ0v) is 16.9. The van der Waals surface area contributed by atoms with Crippen LogP contribution in [-0.2, 0) is 27.9 Å². The minimum absolute atomic E-state index is 0.145. The molecular weight excluding hydrogens is 382 g/mol. The first-order chi connectivity index (χ1) is 13.2. The number of anilines is 1. The van der Waals surface area contributed by atoms with Crippen LogP contribution in [0, 0.1) is 18.6 Å². The topological polar surface area (TPSA) is 49.4 Å². The van der Waals surface area contributed by atoms with Gasteiger partial charge in [0.15, 0.2) is 21.5 Å². The maximum absolute atomic E-state index is 14.0. The van der Waals surface area contributed by atoms with Crippen LogP contribution in [0.4, 0.5) is 14.5 Å². The summed E-state index contributed by atoms with van der Waals surface area (Å²) in [5, 5.41) is 3.21. The third-order valence-corrected chi connectivity index (χ3v) is 6.33. The maximum Gasteiger partial charge on any atom is 0.163 e. The predicted molar refractivity (Wildman–Crippen MR) is 107 cm³/mol. The van der Waals surface area contributed by atoms with E-state index in [9.17, 15) is 17.2 Å². The van der Waals surface area contributed by atoms with Crippen molar-refractivity contribution in [2.45, 2.75) is 38.3 Å². The van der Waals surface area contributed by atoms with Gasteiger partial charge in [-0.05, 0) is 36.1 Å². The second kappa shape index (κ2) is 7.91. The number of nitrogens with one attached hydrogen (secondary N) is 1. The quantitative estimate of drug-likeness (QED) is 0.782. The predicted octanol–water partition coefficient (Wildman–Crippen LogP) is 4.18. The highest BCUT2D eigenvalue weighted by Gasteiger charge is 2.22. The van der Waals surface area contributed by atoms with Gasteiger partial charge in [0.2, 0.25) is 0 Å². The number of fused-ring (bicyclic) bond motifs is 1. The van der Waals surface area contributed by atoms with E-state index in [0.717, 1.165) is 30.0 Å². The largest absolute Gasteiger partial charge is 0.368 e. The molecule has 0 unspecified atom stereocenters. The molecule has 0 amide bonds. The average molecular weight is 406 g/mol. The van der Waals surface area contributed by atoms with Crippen molar-refractivity contribution < 1.29 is 17.2 Å². The summed E-state index contributed by atoms with van der Waals surface area (Å²) in [6.07, 6.45) is 0.953. The van der Waals surface area contributed by atoms with Crippen molar-refractivity contribution in [3.05, 3.63) is 76.6 Å². The highest BCUT2D eigenvalue weighted by Crippen LogP contribution is 2.29. The highest BCUT2D eigenvalue weighted by molar-refractivity contribution is 7.89. The molecule has 0 aliphatic carbocycles. The van der Waals surface area contributed by atoms with Gasteiger partial charge < -0.3 is 10.2 Å². The molecule has 2 aromatic rings. The smallest absolute Gasteiger partial charge is 0.163 e. The molecule has 3 rings (SSSR count). The summed E-state index contributed by atoms with van der Waals surface area (Å²) in [6.45, 7) is 8.92. The summed E-state index contributed by atoms with van der Waals surface area (Å²) < 4.78 is 52.9. The van der Waals surface area contributed by atoms with Gasteiger partial charge in [-0.3, -0.25) is 0 Å². The van der Waals surface area contributed by atoms with Crippen LogP contribution in [0.2, 0.25) is 0 Å². The summed E-state index contributed by atoms with van der Waals surface area (Å²) in [5.41, 5.74) is 2.63. The molecule has 0 atom stereocenters. The Kier molecular flexibility index (Phi) is 5.74. The second-order valence-corrected chi connectivity index (χ2v) is 9.18. The van der Waals surface area contributed by atoms with E-state index < -0.39 is 27.2 Å². The Morgan fingerprint density at radius 1 is 1.14 bits per heavy atom. The molecule has 1 aliphatic rings. The van der Waals surface area contributed by atoms with Crippen LogP contribution in [0.5, 0.6) is 0 Å². The van der Waals surface area contributed by atoms with Gasteiger partial charge in [-0.1, -0.05) is 37.8 Å². The average Bonchev–Trinajstić information content (AvgIpc) is 2.64. The van der Waals surface area contributed by atoms with E-state index >= 15 is 0 Å². The Morgan fingerprint density at radius 3 is 2.61 bits per heavy atom. The van der Waals surface area contributed by atoms with Crippen LogP contribution < -0.4 is 10.2 Å². The van der Waals surface area contributed by atoms with Crippen molar-refractivity contribution in [1.29, 1.82) is 0 Å². The summed E-state index contributed by atoms with van der Waals surface area (Å²) in [6, 6.07) is 8.23. The van der Waals surface area contributed by atoms with Crippen molar-refractivity contribution in [1.82, 2.24) is 5.32 Å². The molecule has 1 aliphatic heterocycles. The molecule has 0 spiro atoms. The molecule has 0 saturated heterocycles. The lowest BCUT2D eigenvalue weighted by Gasteiger charge is -2.34. The second-order valence-electron chi connectivity index (χ2n) is 7.12. The Morgan fingerprint density at radius 2 is 1.89 bits per heavy atom. The standard InChI is InChI=1S/C21H24F2N2O2S/c1-4-9-25-15(3)24-11-18-10-16(6-8-19(18)25)12-28(26,27)13-17-7-5-14(2)20(22)21(17)23/h5-8,10,24H,3-4,9,11-13H2,1-2H3. The van der Waals surface area contributed by atoms with Crippen molar-refractivity contribution in [2.75, 3.05) is 11.4 Å². The van der Waals surface area contributed by atoms with Gasteiger partial charge >= 0.3 is 0 Å². The van der Waals surface area contributed by atoms with Crippen LogP contribution in [0.25, 0.3) is 0 Å². The van der Waals surface area contributed by atoms with E-state index in [2.05, 4.69) is 23.7 Å². The van der Waals surface area contributed by atoms with Gasteiger partial charge in [0.1, 0.15) is 0 Å². The fourth-order valence-corrected chi connectivity index (χ4v) is 4.88. The van der Waals surface area contributed by atoms with Gasteiger partial charge in [0.25, 0.3) is 0 Å². The molecule has 7 heteroatoms. The van der Waals surface area contributed by atoms with E-state index in [1.807, 2.05) is 12.1 Å². The Balaban J connectivity index is 1.82. The Hall–Kier alpha value is -2.41. The molecular formula is C21H24F2N2O2S. The van der Waals surface area contributed by atoms with Crippen molar-refractivity contribution in [3.63, 3.8) is 0 Å². The molecule has 0 radical (unpaired) electrons. The van der Waals surface area contributed by atoms with Gasteiger partial charge in [-0.25, -0.2) is 17.2 Å². The summed E-state index contributed by atoms with van der Waals surface area (Å²) >= 11 is 0. The first kappa shape index (κ1) is 20.3. The van der Waals surface area contributed by atoms with E-state index in [4.69, 9.17) is 0 Å². The molecule has 0 fully saturated rings. The van der Waals surface area contributed by atoms with E-state index in [1.54, 1.807) is 6.07 Å².